The Balaban J connectivity index is 1.84. The number of nitrogens with zero attached hydrogens (tertiary/aromatic N) is 4. The van der Waals surface area contributed by atoms with Crippen LogP contribution in [0.25, 0.3) is 21.9 Å². The maximum atomic E-state index is 13.5. The van der Waals surface area contributed by atoms with Crippen molar-refractivity contribution in [1.29, 1.82) is 0 Å². The molecule has 3 heterocycles. The largest absolute Gasteiger partial charge is 0.409 e. The molecule has 0 radical (unpaired) electrons. The molecule has 0 aliphatic carbocycles. The lowest BCUT2D eigenvalue weighted by Gasteiger charge is -2.17. The molecule has 0 aliphatic rings. The van der Waals surface area contributed by atoms with E-state index in [1.54, 1.807) is 24.3 Å². The molecule has 4 rings (SSSR count). The lowest BCUT2D eigenvalue weighted by Crippen LogP contribution is -2.33. The molecular formula is C22H22ClF3N4O3S. The maximum absolute atomic E-state index is 13.5. The van der Waals surface area contributed by atoms with Gasteiger partial charge in [-0.2, -0.15) is 13.2 Å². The van der Waals surface area contributed by atoms with Crippen molar-refractivity contribution < 1.29 is 21.6 Å². The molecule has 3 aromatic heterocycles. The Hall–Kier alpha value is -2.79. The molecule has 0 saturated heterocycles. The summed E-state index contributed by atoms with van der Waals surface area (Å²) in [5.74, 6) is -0.0218. The van der Waals surface area contributed by atoms with Gasteiger partial charge in [0.2, 0.25) is 0 Å². The monoisotopic (exact) mass is 514 g/mol. The predicted molar refractivity (Wildman–Crippen MR) is 125 cm³/mol. The van der Waals surface area contributed by atoms with E-state index in [0.717, 1.165) is 28.6 Å². The summed E-state index contributed by atoms with van der Waals surface area (Å²) in [6.07, 6.45) is -0.407. The first kappa shape index (κ1) is 24.3. The van der Waals surface area contributed by atoms with Crippen molar-refractivity contribution >= 4 is 43.4 Å². The number of benzene rings is 1. The summed E-state index contributed by atoms with van der Waals surface area (Å²) >= 11 is 6.13. The zero-order chi connectivity index (χ0) is 24.8. The van der Waals surface area contributed by atoms with Gasteiger partial charge in [0, 0.05) is 40.6 Å². The number of aromatic nitrogens is 4. The Morgan fingerprint density at radius 2 is 1.82 bits per heavy atom. The number of aryl methyl sites for hydroxylation is 1. The van der Waals surface area contributed by atoms with Crippen LogP contribution in [-0.2, 0) is 22.9 Å². The Bertz CT molecular complexity index is 1540. The lowest BCUT2D eigenvalue weighted by molar-refractivity contribution is -0.162. The molecule has 1 atom stereocenters. The highest BCUT2D eigenvalue weighted by molar-refractivity contribution is 7.90. The number of hydrogen-bond acceptors (Lipinski definition) is 4. The van der Waals surface area contributed by atoms with Crippen LogP contribution in [0.3, 0.4) is 0 Å². The van der Waals surface area contributed by atoms with E-state index in [-0.39, 0.29) is 23.3 Å². The number of pyridine rings is 1. The molecule has 1 unspecified atom stereocenters. The van der Waals surface area contributed by atoms with Crippen molar-refractivity contribution in [3.8, 4) is 0 Å². The third kappa shape index (κ3) is 4.72. The lowest BCUT2D eigenvalue weighted by atomic mass is 10.2. The quantitative estimate of drug-likeness (QED) is 0.366. The Kier molecular flexibility index (Phi) is 6.28. The Labute approximate surface area is 198 Å². The standard InChI is InChI=1S/C22H22ClF3N4O3S/c1-14(22(24,25)26)30-19-6-7-27-12-20(19)29(21(30)31)13-17-11-15-10-16(23)4-5-18(15)28(17)8-3-9-34(2,32)33/h4-7,10-12,14H,3,8-9,13H2,1-2H3. The van der Waals surface area contributed by atoms with Gasteiger partial charge in [0.1, 0.15) is 15.9 Å². The van der Waals surface area contributed by atoms with Gasteiger partial charge in [-0.05, 0) is 43.7 Å². The average Bonchev–Trinajstić information content (AvgIpc) is 3.20. The first-order chi connectivity index (χ1) is 15.9. The summed E-state index contributed by atoms with van der Waals surface area (Å²) in [6.45, 7) is 1.26. The van der Waals surface area contributed by atoms with Crippen molar-refractivity contribution in [2.45, 2.75) is 38.7 Å². The number of fused-ring (bicyclic) bond motifs is 2. The third-order valence-electron chi connectivity index (χ3n) is 5.79. The molecule has 0 spiro atoms. The molecule has 0 N–H and O–H groups in total. The van der Waals surface area contributed by atoms with Crippen molar-refractivity contribution in [3.63, 3.8) is 0 Å². The molecule has 4 aromatic rings. The van der Waals surface area contributed by atoms with Gasteiger partial charge in [-0.25, -0.2) is 13.2 Å². The first-order valence-electron chi connectivity index (χ1n) is 10.4. The topological polar surface area (TPSA) is 78.9 Å². The molecule has 34 heavy (non-hydrogen) atoms. The molecule has 0 fully saturated rings. The van der Waals surface area contributed by atoms with Crippen molar-refractivity contribution in [1.82, 2.24) is 18.7 Å². The van der Waals surface area contributed by atoms with Gasteiger partial charge in [-0.15, -0.1) is 0 Å². The number of imidazole rings is 1. The normalized spacial score (nSPS) is 13.7. The molecule has 0 amide bonds. The zero-order valence-corrected chi connectivity index (χ0v) is 20.0. The first-order valence-corrected chi connectivity index (χ1v) is 12.9. The zero-order valence-electron chi connectivity index (χ0n) is 18.4. The van der Waals surface area contributed by atoms with Crippen LogP contribution >= 0.6 is 11.6 Å². The second-order valence-corrected chi connectivity index (χ2v) is 11.0. The van der Waals surface area contributed by atoms with E-state index >= 15 is 0 Å². The fourth-order valence-corrected chi connectivity index (χ4v) is 4.97. The van der Waals surface area contributed by atoms with Crippen LogP contribution < -0.4 is 5.69 Å². The van der Waals surface area contributed by atoms with Crippen molar-refractivity contribution in [2.75, 3.05) is 12.0 Å². The van der Waals surface area contributed by atoms with E-state index in [4.69, 9.17) is 11.6 Å². The van der Waals surface area contributed by atoms with Crippen molar-refractivity contribution in [3.05, 3.63) is 63.9 Å². The number of alkyl halides is 3. The minimum Gasteiger partial charge on any atom is -0.343 e. The summed E-state index contributed by atoms with van der Waals surface area (Å²) in [7, 11) is -3.17. The van der Waals surface area contributed by atoms with E-state index in [2.05, 4.69) is 4.98 Å². The SMILES string of the molecule is CC(n1c(=O)n(Cc2cc3cc(Cl)ccc3n2CCCS(C)(=O)=O)c2cnccc21)C(F)(F)F. The van der Waals surface area contributed by atoms with Gasteiger partial charge in [-0.3, -0.25) is 14.1 Å². The van der Waals surface area contributed by atoms with Crippen molar-refractivity contribution in [2.24, 2.45) is 0 Å². The fraction of sp³-hybridized carbons (Fsp3) is 0.364. The Morgan fingerprint density at radius 1 is 1.09 bits per heavy atom. The molecule has 1 aromatic carbocycles. The van der Waals surface area contributed by atoms with Gasteiger partial charge < -0.3 is 4.57 Å². The fourth-order valence-electron chi connectivity index (χ4n) is 4.14. The van der Waals surface area contributed by atoms with Gasteiger partial charge in [0.25, 0.3) is 0 Å². The van der Waals surface area contributed by atoms with Gasteiger partial charge in [0.15, 0.2) is 0 Å². The van der Waals surface area contributed by atoms with Crippen LogP contribution in [0.4, 0.5) is 13.2 Å². The van der Waals surface area contributed by atoms with Gasteiger partial charge in [-0.1, -0.05) is 11.6 Å². The van der Waals surface area contributed by atoms with Crippen LogP contribution in [0.1, 0.15) is 25.1 Å². The number of halogens is 4. The van der Waals surface area contributed by atoms with Crippen LogP contribution in [-0.4, -0.2) is 45.3 Å². The number of hydrogen-bond donors (Lipinski definition) is 0. The number of rotatable bonds is 7. The van der Waals surface area contributed by atoms with E-state index in [1.807, 2.05) is 4.57 Å². The molecule has 0 saturated carbocycles. The van der Waals surface area contributed by atoms with Crippen LogP contribution in [0.5, 0.6) is 0 Å². The second kappa shape index (κ2) is 8.77. The van der Waals surface area contributed by atoms with E-state index in [0.29, 0.717) is 23.7 Å². The minimum atomic E-state index is -4.61. The predicted octanol–water partition coefficient (Wildman–Crippen LogP) is 4.41. The molecule has 0 bridgehead atoms. The summed E-state index contributed by atoms with van der Waals surface area (Å²) in [5.41, 5.74) is 1.02. The van der Waals surface area contributed by atoms with Crippen LogP contribution in [0, 0.1) is 0 Å². The highest BCUT2D eigenvalue weighted by atomic mass is 35.5. The van der Waals surface area contributed by atoms with E-state index in [9.17, 15) is 26.4 Å². The summed E-state index contributed by atoms with van der Waals surface area (Å²) in [6, 6.07) is 6.41. The third-order valence-corrected chi connectivity index (χ3v) is 7.06. The molecular weight excluding hydrogens is 493 g/mol. The second-order valence-electron chi connectivity index (χ2n) is 8.29. The average molecular weight is 515 g/mol. The maximum Gasteiger partial charge on any atom is 0.409 e. The molecule has 7 nitrogen and oxygen atoms in total. The van der Waals surface area contributed by atoms with Crippen LogP contribution in [0.2, 0.25) is 5.02 Å². The highest BCUT2D eigenvalue weighted by Crippen LogP contribution is 2.32. The van der Waals surface area contributed by atoms with Gasteiger partial charge in [0.05, 0.1) is 29.5 Å². The van der Waals surface area contributed by atoms with E-state index < -0.39 is 27.7 Å². The van der Waals surface area contributed by atoms with Gasteiger partial charge >= 0.3 is 11.9 Å². The van der Waals surface area contributed by atoms with Crippen LogP contribution in [0.15, 0.2) is 47.5 Å². The molecule has 0 aliphatic heterocycles. The molecule has 182 valence electrons. The summed E-state index contributed by atoms with van der Waals surface area (Å²) in [5, 5.41) is 1.28. The summed E-state index contributed by atoms with van der Waals surface area (Å²) < 4.78 is 67.6. The highest BCUT2D eigenvalue weighted by Gasteiger charge is 2.39. The number of sulfone groups is 1. The van der Waals surface area contributed by atoms with E-state index in [1.165, 1.54) is 23.0 Å². The summed E-state index contributed by atoms with van der Waals surface area (Å²) in [4.78, 5) is 17.2. The molecule has 12 heteroatoms. The minimum absolute atomic E-state index is 0.0218. The smallest absolute Gasteiger partial charge is 0.343 e. The Morgan fingerprint density at radius 3 is 2.50 bits per heavy atom.